The van der Waals surface area contributed by atoms with E-state index in [1.165, 1.54) is 10.4 Å². The van der Waals surface area contributed by atoms with Crippen molar-refractivity contribution in [2.45, 2.75) is 77.5 Å². The van der Waals surface area contributed by atoms with Gasteiger partial charge in [0.1, 0.15) is 18.9 Å². The summed E-state index contributed by atoms with van der Waals surface area (Å²) in [6, 6.07) is 9.86. The Balaban J connectivity index is 1.48. The third-order valence-corrected chi connectivity index (χ3v) is 7.91. The molecular weight excluding hydrogens is 486 g/mol. The third-order valence-electron chi connectivity index (χ3n) is 6.91. The van der Waals surface area contributed by atoms with Gasteiger partial charge in [0.15, 0.2) is 0 Å². The van der Waals surface area contributed by atoms with Crippen LogP contribution in [0.2, 0.25) is 0 Å². The van der Waals surface area contributed by atoms with Crippen LogP contribution in [0.4, 0.5) is 4.79 Å². The molecule has 1 aromatic carbocycles. The zero-order valence-electron chi connectivity index (χ0n) is 22.8. The van der Waals surface area contributed by atoms with Gasteiger partial charge in [-0.1, -0.05) is 26.0 Å². The first kappa shape index (κ1) is 27.5. The fraction of sp³-hybridized carbons (Fsp3) is 0.586. The van der Waals surface area contributed by atoms with Crippen LogP contribution < -0.4 is 10.1 Å². The summed E-state index contributed by atoms with van der Waals surface area (Å²) in [6.07, 6.45) is 2.67. The molecule has 7 nitrogen and oxygen atoms in total. The van der Waals surface area contributed by atoms with Gasteiger partial charge < -0.3 is 24.6 Å². The molecule has 2 aliphatic rings. The largest absolute Gasteiger partial charge is 0.491 e. The summed E-state index contributed by atoms with van der Waals surface area (Å²) in [5.41, 5.74) is 2.02. The second kappa shape index (κ2) is 11.9. The van der Waals surface area contributed by atoms with Crippen molar-refractivity contribution in [3.8, 4) is 5.75 Å². The van der Waals surface area contributed by atoms with E-state index in [0.29, 0.717) is 32.2 Å². The highest BCUT2D eigenvalue weighted by Crippen LogP contribution is 2.34. The molecule has 0 bridgehead atoms. The second-order valence-corrected chi connectivity index (χ2v) is 12.4. The molecule has 2 aliphatic heterocycles. The Bertz CT molecular complexity index is 1050. The minimum Gasteiger partial charge on any atom is -0.491 e. The molecule has 1 N–H and O–H groups in total. The Morgan fingerprint density at radius 2 is 1.97 bits per heavy atom. The SMILES string of the molecule is CC(C)c1ccc(OC[C@@H]2c3ccsc3CCN2C(=O)CN(C[C@@H]2CCCO2)C(=O)NC(C)(C)C)cc1. The van der Waals surface area contributed by atoms with Crippen LogP contribution in [0, 0.1) is 0 Å². The molecule has 0 radical (unpaired) electrons. The second-order valence-electron chi connectivity index (χ2n) is 11.4. The molecule has 2 aromatic rings. The molecule has 0 unspecified atom stereocenters. The predicted octanol–water partition coefficient (Wildman–Crippen LogP) is 5.37. The van der Waals surface area contributed by atoms with Gasteiger partial charge in [-0.05, 0) is 80.7 Å². The van der Waals surface area contributed by atoms with Crippen molar-refractivity contribution in [2.75, 3.05) is 32.8 Å². The van der Waals surface area contributed by atoms with E-state index >= 15 is 0 Å². The number of ether oxygens (including phenoxy) is 2. The first-order chi connectivity index (χ1) is 17.6. The molecule has 8 heteroatoms. The molecular formula is C29H41N3O4S. The topological polar surface area (TPSA) is 71.1 Å². The number of amides is 3. The summed E-state index contributed by atoms with van der Waals surface area (Å²) in [5.74, 6) is 1.19. The molecule has 3 heterocycles. The molecule has 202 valence electrons. The van der Waals surface area contributed by atoms with Gasteiger partial charge in [-0.25, -0.2) is 4.79 Å². The lowest BCUT2D eigenvalue weighted by Crippen LogP contribution is -2.54. The highest BCUT2D eigenvalue weighted by Gasteiger charge is 2.35. The maximum Gasteiger partial charge on any atom is 0.318 e. The number of hydrogen-bond donors (Lipinski definition) is 1. The zero-order chi connectivity index (χ0) is 26.6. The Morgan fingerprint density at radius 1 is 1.22 bits per heavy atom. The van der Waals surface area contributed by atoms with Crippen molar-refractivity contribution in [1.29, 1.82) is 0 Å². The van der Waals surface area contributed by atoms with Gasteiger partial charge in [0, 0.05) is 30.1 Å². The van der Waals surface area contributed by atoms with Crippen LogP contribution in [-0.4, -0.2) is 66.2 Å². The number of nitrogens with zero attached hydrogens (tertiary/aromatic N) is 2. The number of urea groups is 1. The Hall–Kier alpha value is -2.58. The number of thiophene rings is 1. The van der Waals surface area contributed by atoms with Crippen LogP contribution in [0.25, 0.3) is 0 Å². The smallest absolute Gasteiger partial charge is 0.318 e. The van der Waals surface area contributed by atoms with Gasteiger partial charge in [0.05, 0.1) is 12.1 Å². The summed E-state index contributed by atoms with van der Waals surface area (Å²) in [5, 5.41) is 5.11. The average Bonchev–Trinajstić information content (AvgIpc) is 3.53. The maximum atomic E-state index is 13.7. The molecule has 0 aliphatic carbocycles. The number of carbonyl (C=O) groups is 2. The molecule has 1 saturated heterocycles. The molecule has 2 atom stereocenters. The minimum atomic E-state index is -0.396. The average molecular weight is 528 g/mol. The van der Waals surface area contributed by atoms with Crippen molar-refractivity contribution in [3.63, 3.8) is 0 Å². The summed E-state index contributed by atoms with van der Waals surface area (Å²) in [6.45, 7) is 12.3. The van der Waals surface area contributed by atoms with E-state index in [0.717, 1.165) is 30.6 Å². The first-order valence-corrected chi connectivity index (χ1v) is 14.3. The van der Waals surface area contributed by atoms with Gasteiger partial charge in [0.25, 0.3) is 0 Å². The number of benzene rings is 1. The summed E-state index contributed by atoms with van der Waals surface area (Å²) >= 11 is 1.73. The lowest BCUT2D eigenvalue weighted by molar-refractivity contribution is -0.135. The van der Waals surface area contributed by atoms with Crippen molar-refractivity contribution in [1.82, 2.24) is 15.1 Å². The van der Waals surface area contributed by atoms with E-state index in [9.17, 15) is 9.59 Å². The van der Waals surface area contributed by atoms with Crippen LogP contribution in [0.3, 0.4) is 0 Å². The van der Waals surface area contributed by atoms with Gasteiger partial charge in [0.2, 0.25) is 5.91 Å². The van der Waals surface area contributed by atoms with E-state index in [1.54, 1.807) is 16.2 Å². The van der Waals surface area contributed by atoms with E-state index in [-0.39, 0.29) is 30.6 Å². The molecule has 37 heavy (non-hydrogen) atoms. The summed E-state index contributed by atoms with van der Waals surface area (Å²) in [4.78, 5) is 31.7. The zero-order valence-corrected chi connectivity index (χ0v) is 23.6. The Morgan fingerprint density at radius 3 is 2.62 bits per heavy atom. The molecule has 0 spiro atoms. The normalized spacial score (nSPS) is 19.6. The van der Waals surface area contributed by atoms with E-state index < -0.39 is 5.54 Å². The van der Waals surface area contributed by atoms with Crippen molar-refractivity contribution in [3.05, 3.63) is 51.7 Å². The van der Waals surface area contributed by atoms with Crippen LogP contribution in [0.1, 0.15) is 75.4 Å². The van der Waals surface area contributed by atoms with Crippen molar-refractivity contribution < 1.29 is 19.1 Å². The summed E-state index contributed by atoms with van der Waals surface area (Å²) in [7, 11) is 0. The maximum absolute atomic E-state index is 13.7. The van der Waals surface area contributed by atoms with Crippen molar-refractivity contribution in [2.24, 2.45) is 0 Å². The van der Waals surface area contributed by atoms with Gasteiger partial charge in [-0.3, -0.25) is 4.79 Å². The quantitative estimate of drug-likeness (QED) is 0.501. The van der Waals surface area contributed by atoms with Crippen molar-refractivity contribution >= 4 is 23.3 Å². The van der Waals surface area contributed by atoms with Crippen LogP contribution in [0.5, 0.6) is 5.75 Å². The van der Waals surface area contributed by atoms with E-state index in [2.05, 4.69) is 42.7 Å². The Kier molecular flexibility index (Phi) is 8.80. The van der Waals surface area contributed by atoms with Gasteiger partial charge in [-0.2, -0.15) is 0 Å². The number of hydrogen-bond acceptors (Lipinski definition) is 5. The third kappa shape index (κ3) is 7.26. The molecule has 4 rings (SSSR count). The standard InChI is InChI=1S/C29H41N3O4S/c1-20(2)21-8-10-22(11-9-21)36-19-25-24-13-16-37-26(24)12-14-32(25)27(33)18-31(17-23-7-6-15-35-23)28(34)30-29(3,4)5/h8-11,13,16,20,23,25H,6-7,12,14-15,17-19H2,1-5H3,(H,30,34)/t23-,25+/m0/s1. The minimum absolute atomic E-state index is 0.0147. The molecule has 3 amide bonds. The number of nitrogens with one attached hydrogen (secondary N) is 1. The highest BCUT2D eigenvalue weighted by molar-refractivity contribution is 7.10. The molecule has 1 aromatic heterocycles. The lowest BCUT2D eigenvalue weighted by atomic mass is 10.00. The lowest BCUT2D eigenvalue weighted by Gasteiger charge is -2.37. The fourth-order valence-corrected chi connectivity index (χ4v) is 5.83. The molecule has 0 saturated carbocycles. The van der Waals surface area contributed by atoms with Crippen LogP contribution >= 0.6 is 11.3 Å². The monoisotopic (exact) mass is 527 g/mol. The van der Waals surface area contributed by atoms with Crippen LogP contribution in [0.15, 0.2) is 35.7 Å². The molecule has 1 fully saturated rings. The van der Waals surface area contributed by atoms with E-state index in [4.69, 9.17) is 9.47 Å². The Labute approximate surface area is 225 Å². The highest BCUT2D eigenvalue weighted by atomic mass is 32.1. The van der Waals surface area contributed by atoms with Gasteiger partial charge in [-0.15, -0.1) is 11.3 Å². The number of carbonyl (C=O) groups excluding carboxylic acids is 2. The fourth-order valence-electron chi connectivity index (χ4n) is 4.91. The predicted molar refractivity (Wildman–Crippen MR) is 147 cm³/mol. The van der Waals surface area contributed by atoms with Gasteiger partial charge >= 0.3 is 6.03 Å². The first-order valence-electron chi connectivity index (χ1n) is 13.4. The van der Waals surface area contributed by atoms with E-state index in [1.807, 2.05) is 37.8 Å². The van der Waals surface area contributed by atoms with Crippen LogP contribution in [-0.2, 0) is 16.0 Å². The summed E-state index contributed by atoms with van der Waals surface area (Å²) < 4.78 is 12.0. The number of rotatable bonds is 8. The number of fused-ring (bicyclic) bond motifs is 1.